The van der Waals surface area contributed by atoms with Gasteiger partial charge in [-0.2, -0.15) is 0 Å². The van der Waals surface area contributed by atoms with Crippen LogP contribution in [0.2, 0.25) is 0 Å². The van der Waals surface area contributed by atoms with Crippen LogP contribution in [0.15, 0.2) is 47.5 Å². The van der Waals surface area contributed by atoms with Crippen molar-refractivity contribution in [1.29, 1.82) is 0 Å². The Hall–Kier alpha value is -2.49. The maximum atomic E-state index is 11.7. The number of benzene rings is 2. The Bertz CT molecular complexity index is 812. The van der Waals surface area contributed by atoms with Crippen LogP contribution in [0.5, 0.6) is 11.5 Å². The van der Waals surface area contributed by atoms with Crippen molar-refractivity contribution >= 4 is 41.5 Å². The molecule has 8 heteroatoms. The molecule has 2 aromatic rings. The molecule has 7 nitrogen and oxygen atoms in total. The summed E-state index contributed by atoms with van der Waals surface area (Å²) in [4.78, 5) is 16.1. The lowest BCUT2D eigenvalue weighted by atomic mass is 10.1. The van der Waals surface area contributed by atoms with E-state index in [2.05, 4.69) is 15.6 Å². The van der Waals surface area contributed by atoms with E-state index in [9.17, 15) is 4.79 Å². The number of nitrogens with zero attached hydrogens (tertiary/aromatic N) is 1. The van der Waals surface area contributed by atoms with Crippen molar-refractivity contribution in [3.63, 3.8) is 0 Å². The van der Waals surface area contributed by atoms with E-state index in [0.29, 0.717) is 36.8 Å². The second-order valence-electron chi connectivity index (χ2n) is 5.63. The lowest BCUT2D eigenvalue weighted by Crippen LogP contribution is -2.23. The Morgan fingerprint density at radius 1 is 1.11 bits per heavy atom. The smallest absolute Gasteiger partial charge is 0.251 e. The summed E-state index contributed by atoms with van der Waals surface area (Å²) < 4.78 is 11.1. The fraction of sp³-hybridized carbons (Fsp3) is 0.300. The van der Waals surface area contributed by atoms with Gasteiger partial charge in [-0.1, -0.05) is 12.1 Å². The maximum absolute atomic E-state index is 11.7. The summed E-state index contributed by atoms with van der Waals surface area (Å²) in [5.41, 5.74) is 8.18. The van der Waals surface area contributed by atoms with Gasteiger partial charge in [0.15, 0.2) is 5.96 Å². The number of carbonyl (C=O) groups excluding carboxylic acids is 1. The van der Waals surface area contributed by atoms with Crippen molar-refractivity contribution in [3.8, 4) is 11.5 Å². The molecule has 0 aliphatic rings. The average molecular weight is 498 g/mol. The number of guanidine groups is 1. The highest BCUT2D eigenvalue weighted by atomic mass is 127. The third-order valence-electron chi connectivity index (χ3n) is 3.67. The van der Waals surface area contributed by atoms with Crippen LogP contribution in [-0.2, 0) is 6.54 Å². The minimum Gasteiger partial charge on any atom is -0.494 e. The number of halogens is 1. The number of hydrogen-bond donors (Lipinski definition) is 3. The number of carbonyl (C=O) groups is 1. The third kappa shape index (κ3) is 6.91. The summed E-state index contributed by atoms with van der Waals surface area (Å²) in [6.45, 7) is 5.28. The molecule has 0 fully saturated rings. The van der Waals surface area contributed by atoms with Crippen LogP contribution in [0, 0.1) is 0 Å². The zero-order valence-corrected chi connectivity index (χ0v) is 18.7. The minimum atomic E-state index is -0.138. The second-order valence-corrected chi connectivity index (χ2v) is 5.63. The van der Waals surface area contributed by atoms with Crippen LogP contribution < -0.4 is 25.8 Å². The van der Waals surface area contributed by atoms with Crippen molar-refractivity contribution in [3.05, 3.63) is 53.6 Å². The van der Waals surface area contributed by atoms with Gasteiger partial charge in [-0.3, -0.25) is 4.79 Å². The molecule has 0 bridgehead atoms. The van der Waals surface area contributed by atoms with Gasteiger partial charge >= 0.3 is 0 Å². The van der Waals surface area contributed by atoms with Crippen molar-refractivity contribution in [2.75, 3.05) is 25.6 Å². The minimum absolute atomic E-state index is 0. The normalized spacial score (nSPS) is 10.6. The van der Waals surface area contributed by atoms with E-state index in [1.165, 1.54) is 0 Å². The lowest BCUT2D eigenvalue weighted by Gasteiger charge is -2.14. The average Bonchev–Trinajstić information content (AvgIpc) is 2.68. The molecule has 28 heavy (non-hydrogen) atoms. The van der Waals surface area contributed by atoms with Crippen molar-refractivity contribution in [1.82, 2.24) is 5.32 Å². The molecule has 152 valence electrons. The number of hydrogen-bond acceptors (Lipinski definition) is 4. The number of nitrogens with two attached hydrogens (primary N) is 1. The molecule has 2 rings (SSSR count). The predicted octanol–water partition coefficient (Wildman–Crippen LogP) is 3.39. The van der Waals surface area contributed by atoms with E-state index in [4.69, 9.17) is 15.2 Å². The Morgan fingerprint density at radius 3 is 2.54 bits per heavy atom. The Balaban J connectivity index is 0.00000392. The van der Waals surface area contributed by atoms with Crippen LogP contribution in [0.3, 0.4) is 0 Å². The highest BCUT2D eigenvalue weighted by Crippen LogP contribution is 2.29. The van der Waals surface area contributed by atoms with E-state index in [0.717, 1.165) is 11.3 Å². The predicted molar refractivity (Wildman–Crippen MR) is 123 cm³/mol. The number of ether oxygens (including phenoxy) is 2. The summed E-state index contributed by atoms with van der Waals surface area (Å²) in [6.07, 6.45) is 0. The van der Waals surface area contributed by atoms with Crippen LogP contribution in [0.4, 0.5) is 5.69 Å². The first kappa shape index (κ1) is 23.5. The van der Waals surface area contributed by atoms with Crippen LogP contribution in [0.25, 0.3) is 0 Å². The maximum Gasteiger partial charge on any atom is 0.251 e. The molecule has 1 amide bonds. The molecule has 0 aliphatic carbocycles. The van der Waals surface area contributed by atoms with Crippen molar-refractivity contribution < 1.29 is 14.3 Å². The van der Waals surface area contributed by atoms with Gasteiger partial charge in [-0.05, 0) is 43.7 Å². The largest absolute Gasteiger partial charge is 0.494 e. The van der Waals surface area contributed by atoms with E-state index < -0.39 is 0 Å². The first-order valence-corrected chi connectivity index (χ1v) is 8.85. The molecule has 4 N–H and O–H groups in total. The van der Waals surface area contributed by atoms with Crippen LogP contribution in [0.1, 0.15) is 29.8 Å². The molecule has 0 aromatic heterocycles. The number of nitrogens with one attached hydrogen (secondary N) is 2. The van der Waals surface area contributed by atoms with E-state index in [1.807, 2.05) is 44.2 Å². The van der Waals surface area contributed by atoms with Crippen LogP contribution >= 0.6 is 24.0 Å². The molecule has 0 saturated heterocycles. The summed E-state index contributed by atoms with van der Waals surface area (Å²) in [7, 11) is 1.60. The zero-order chi connectivity index (χ0) is 19.6. The molecule has 0 aliphatic heterocycles. The fourth-order valence-electron chi connectivity index (χ4n) is 2.45. The quantitative estimate of drug-likeness (QED) is 0.295. The van der Waals surface area contributed by atoms with Crippen LogP contribution in [-0.4, -0.2) is 32.1 Å². The zero-order valence-electron chi connectivity index (χ0n) is 16.3. The Kier molecular flexibility index (Phi) is 10.1. The topological polar surface area (TPSA) is 98.0 Å². The molecule has 2 aromatic carbocycles. The lowest BCUT2D eigenvalue weighted by molar-refractivity contribution is 0.0963. The Morgan fingerprint density at radius 2 is 1.86 bits per heavy atom. The first-order valence-electron chi connectivity index (χ1n) is 8.85. The highest BCUT2D eigenvalue weighted by Gasteiger charge is 2.08. The van der Waals surface area contributed by atoms with E-state index >= 15 is 0 Å². The SMILES string of the molecule is CCOc1ccc(OCC)c(NC(N)=NCc2cccc(C(=O)NC)c2)c1.I. The van der Waals surface area contributed by atoms with E-state index in [1.54, 1.807) is 19.2 Å². The number of rotatable bonds is 8. The van der Waals surface area contributed by atoms with Gasteiger partial charge in [-0.25, -0.2) is 4.99 Å². The van der Waals surface area contributed by atoms with Crippen molar-refractivity contribution in [2.24, 2.45) is 10.7 Å². The van der Waals surface area contributed by atoms with E-state index in [-0.39, 0.29) is 35.8 Å². The van der Waals surface area contributed by atoms with Crippen molar-refractivity contribution in [2.45, 2.75) is 20.4 Å². The summed E-state index contributed by atoms with van der Waals surface area (Å²) in [6, 6.07) is 12.7. The standard InChI is InChI=1S/C20H26N4O3.HI/c1-4-26-16-9-10-18(27-5-2)17(12-16)24-20(21)23-13-14-7-6-8-15(11-14)19(25)22-3;/h6-12H,4-5,13H2,1-3H3,(H,22,25)(H3,21,23,24);1H. The van der Waals surface area contributed by atoms with Gasteiger partial charge in [0.1, 0.15) is 11.5 Å². The Labute approximate surface area is 182 Å². The number of anilines is 1. The van der Waals surface area contributed by atoms with Gasteiger partial charge in [0, 0.05) is 18.7 Å². The third-order valence-corrected chi connectivity index (χ3v) is 3.67. The van der Waals surface area contributed by atoms with Gasteiger partial charge in [-0.15, -0.1) is 24.0 Å². The monoisotopic (exact) mass is 498 g/mol. The van der Waals surface area contributed by atoms with Gasteiger partial charge in [0.05, 0.1) is 25.4 Å². The number of amides is 1. The fourth-order valence-corrected chi connectivity index (χ4v) is 2.45. The van der Waals surface area contributed by atoms with Gasteiger partial charge in [0.25, 0.3) is 5.91 Å². The first-order chi connectivity index (χ1) is 13.1. The molecule has 0 atom stereocenters. The summed E-state index contributed by atoms with van der Waals surface area (Å²) in [5, 5.41) is 5.66. The summed E-state index contributed by atoms with van der Waals surface area (Å²) in [5.74, 6) is 1.49. The molecule has 0 heterocycles. The van der Waals surface area contributed by atoms with Gasteiger partial charge < -0.3 is 25.8 Å². The summed E-state index contributed by atoms with van der Waals surface area (Å²) >= 11 is 0. The molecule has 0 spiro atoms. The molecular formula is C20H27IN4O3. The van der Waals surface area contributed by atoms with Gasteiger partial charge in [0.2, 0.25) is 0 Å². The molecule has 0 saturated carbocycles. The highest BCUT2D eigenvalue weighted by molar-refractivity contribution is 14.0. The molecule has 0 radical (unpaired) electrons. The second kappa shape index (κ2) is 12.1. The molecular weight excluding hydrogens is 471 g/mol. The number of aliphatic imine (C=N–C) groups is 1. The molecule has 0 unspecified atom stereocenters.